The molecule has 0 saturated carbocycles. The van der Waals surface area contributed by atoms with Crippen molar-refractivity contribution in [3.63, 3.8) is 0 Å². The molecule has 0 amide bonds. The van der Waals surface area contributed by atoms with Crippen molar-refractivity contribution in [3.05, 3.63) is 12.2 Å². The maximum absolute atomic E-state index is 10.2. The van der Waals surface area contributed by atoms with Gasteiger partial charge in [-0.25, -0.2) is 0 Å². The van der Waals surface area contributed by atoms with E-state index in [-0.39, 0.29) is 64.6 Å². The molecule has 0 aliphatic carbocycles. The monoisotopic (exact) mass is 366 g/mol. The summed E-state index contributed by atoms with van der Waals surface area (Å²) in [7, 11) is 0. The Labute approximate surface area is 181 Å². The summed E-state index contributed by atoms with van der Waals surface area (Å²) in [5.74, 6) is -0.914. The van der Waals surface area contributed by atoms with Crippen molar-refractivity contribution in [3.8, 4) is 0 Å². The Morgan fingerprint density at radius 1 is 0.762 bits per heavy atom. The molecule has 0 aliphatic rings. The zero-order valence-corrected chi connectivity index (χ0v) is 19.3. The molecule has 118 valence electrons. The second-order valence-corrected chi connectivity index (χ2v) is 5.71. The van der Waals surface area contributed by atoms with Gasteiger partial charge in [0.25, 0.3) is 0 Å². The van der Waals surface area contributed by atoms with Crippen LogP contribution in [0.2, 0.25) is 0 Å². The molecule has 0 spiro atoms. The van der Waals surface area contributed by atoms with Crippen LogP contribution in [0.4, 0.5) is 0 Å². The molecule has 0 radical (unpaired) electrons. The SMILES string of the molecule is CCCCCCCCC=CCCCCCCCC(=O)[O-].[Rb+]. The van der Waals surface area contributed by atoms with E-state index < -0.39 is 5.97 Å². The number of carboxylic acid groups (broad SMARTS) is 1. The maximum atomic E-state index is 10.2. The van der Waals surface area contributed by atoms with Crippen molar-refractivity contribution >= 4 is 5.97 Å². The maximum Gasteiger partial charge on any atom is 1.00 e. The summed E-state index contributed by atoms with van der Waals surface area (Å²) in [6.07, 6.45) is 20.9. The Hall–Kier alpha value is 1.02. The fourth-order valence-electron chi connectivity index (χ4n) is 2.34. The van der Waals surface area contributed by atoms with Crippen molar-refractivity contribution in [1.82, 2.24) is 0 Å². The van der Waals surface area contributed by atoms with E-state index in [1.165, 1.54) is 64.2 Å². The van der Waals surface area contributed by atoms with E-state index in [2.05, 4.69) is 19.1 Å². The Morgan fingerprint density at radius 2 is 1.19 bits per heavy atom. The second-order valence-electron chi connectivity index (χ2n) is 5.71. The van der Waals surface area contributed by atoms with Crippen molar-refractivity contribution in [2.45, 2.75) is 96.8 Å². The van der Waals surface area contributed by atoms with E-state index >= 15 is 0 Å². The number of hydrogen-bond donors (Lipinski definition) is 0. The van der Waals surface area contributed by atoms with E-state index in [0.29, 0.717) is 0 Å². The first-order valence-corrected chi connectivity index (χ1v) is 8.62. The number of carboxylic acids is 1. The molecule has 0 rings (SSSR count). The first kappa shape index (κ1) is 24.3. The van der Waals surface area contributed by atoms with Crippen molar-refractivity contribution in [2.75, 3.05) is 0 Å². The molecule has 21 heavy (non-hydrogen) atoms. The summed E-state index contributed by atoms with van der Waals surface area (Å²) in [5, 5.41) is 10.2. The third-order valence-corrected chi connectivity index (χ3v) is 3.64. The molecule has 0 atom stereocenters. The van der Waals surface area contributed by atoms with Gasteiger partial charge in [-0.2, -0.15) is 0 Å². The zero-order valence-electron chi connectivity index (χ0n) is 14.4. The van der Waals surface area contributed by atoms with E-state index in [9.17, 15) is 9.90 Å². The molecular formula is C18H33O2Rb. The number of carbonyl (C=O) groups is 1. The molecule has 0 bridgehead atoms. The Morgan fingerprint density at radius 3 is 1.67 bits per heavy atom. The zero-order chi connectivity index (χ0) is 14.9. The van der Waals surface area contributed by atoms with Crippen LogP contribution in [0, 0.1) is 0 Å². The summed E-state index contributed by atoms with van der Waals surface area (Å²) in [6.45, 7) is 2.26. The van der Waals surface area contributed by atoms with Gasteiger partial charge in [0.05, 0.1) is 0 Å². The summed E-state index contributed by atoms with van der Waals surface area (Å²) < 4.78 is 0. The number of unbranched alkanes of at least 4 members (excludes halogenated alkanes) is 11. The van der Waals surface area contributed by atoms with E-state index in [0.717, 1.165) is 19.3 Å². The van der Waals surface area contributed by atoms with Gasteiger partial charge in [-0.1, -0.05) is 70.4 Å². The second kappa shape index (κ2) is 21.0. The van der Waals surface area contributed by atoms with Gasteiger partial charge in [0.15, 0.2) is 0 Å². The van der Waals surface area contributed by atoms with Crippen LogP contribution >= 0.6 is 0 Å². The minimum Gasteiger partial charge on any atom is -0.550 e. The summed E-state index contributed by atoms with van der Waals surface area (Å²) >= 11 is 0. The van der Waals surface area contributed by atoms with Crippen LogP contribution in [-0.2, 0) is 4.79 Å². The quantitative estimate of drug-likeness (QED) is 0.327. The normalized spacial score (nSPS) is 10.7. The van der Waals surface area contributed by atoms with Gasteiger partial charge in [-0.15, -0.1) is 0 Å². The van der Waals surface area contributed by atoms with Gasteiger partial charge < -0.3 is 9.90 Å². The average molecular weight is 367 g/mol. The van der Waals surface area contributed by atoms with E-state index in [1.54, 1.807) is 0 Å². The van der Waals surface area contributed by atoms with Gasteiger partial charge in [0.1, 0.15) is 0 Å². The fraction of sp³-hybridized carbons (Fsp3) is 0.833. The molecule has 0 aromatic carbocycles. The molecule has 0 unspecified atom stereocenters. The van der Waals surface area contributed by atoms with Crippen LogP contribution in [0.1, 0.15) is 96.8 Å². The molecule has 2 nitrogen and oxygen atoms in total. The van der Waals surface area contributed by atoms with Gasteiger partial charge in [0.2, 0.25) is 0 Å². The third kappa shape index (κ3) is 23.4. The minimum atomic E-state index is -0.914. The Balaban J connectivity index is 0. The van der Waals surface area contributed by atoms with E-state index in [1.807, 2.05) is 0 Å². The third-order valence-electron chi connectivity index (χ3n) is 3.64. The van der Waals surface area contributed by atoms with Crippen molar-refractivity contribution in [2.24, 2.45) is 0 Å². The standard InChI is InChI=1S/C18H34O2.Rb/c1-2-3-4-5-6-7-8-9-10-11-12-13-14-15-16-17-18(19)20;/h9-10H,2-8,11-17H2,1H3,(H,19,20);/q;+1/p-1. The van der Waals surface area contributed by atoms with Gasteiger partial charge in [-0.05, 0) is 38.5 Å². The van der Waals surface area contributed by atoms with Crippen LogP contribution in [0.25, 0.3) is 0 Å². The van der Waals surface area contributed by atoms with Crippen LogP contribution in [0.3, 0.4) is 0 Å². The predicted octanol–water partition coefficient (Wildman–Crippen LogP) is 1.78. The van der Waals surface area contributed by atoms with Crippen LogP contribution < -0.4 is 63.3 Å². The molecular weight excluding hydrogens is 334 g/mol. The molecule has 3 heteroatoms. The van der Waals surface area contributed by atoms with E-state index in [4.69, 9.17) is 0 Å². The summed E-state index contributed by atoms with van der Waals surface area (Å²) in [4.78, 5) is 10.2. The number of aliphatic carboxylic acids is 1. The van der Waals surface area contributed by atoms with Crippen LogP contribution in [0.5, 0.6) is 0 Å². The fourth-order valence-corrected chi connectivity index (χ4v) is 2.34. The largest absolute Gasteiger partial charge is 1.00 e. The number of carbonyl (C=O) groups excluding carboxylic acids is 1. The summed E-state index contributed by atoms with van der Waals surface area (Å²) in [5.41, 5.74) is 0. The molecule has 0 saturated heterocycles. The van der Waals surface area contributed by atoms with Crippen LogP contribution in [-0.4, -0.2) is 5.97 Å². The van der Waals surface area contributed by atoms with Crippen LogP contribution in [0.15, 0.2) is 12.2 Å². The number of rotatable bonds is 15. The van der Waals surface area contributed by atoms with Crippen molar-refractivity contribution < 1.29 is 68.1 Å². The minimum absolute atomic E-state index is 0. The summed E-state index contributed by atoms with van der Waals surface area (Å²) in [6, 6.07) is 0. The Bertz CT molecular complexity index is 239. The molecule has 0 aromatic rings. The molecule has 0 fully saturated rings. The number of hydrogen-bond acceptors (Lipinski definition) is 2. The van der Waals surface area contributed by atoms with Crippen molar-refractivity contribution in [1.29, 1.82) is 0 Å². The average Bonchev–Trinajstić information content (AvgIpc) is 2.43. The first-order valence-electron chi connectivity index (χ1n) is 8.62. The first-order chi connectivity index (χ1) is 9.77. The predicted molar refractivity (Wildman–Crippen MR) is 84.5 cm³/mol. The molecule has 0 aromatic heterocycles. The molecule has 0 heterocycles. The van der Waals surface area contributed by atoms with Gasteiger partial charge >= 0.3 is 58.2 Å². The van der Waals surface area contributed by atoms with Gasteiger partial charge in [0, 0.05) is 5.97 Å². The Kier molecular flexibility index (Phi) is 24.3. The smallest absolute Gasteiger partial charge is 0.550 e. The van der Waals surface area contributed by atoms with Gasteiger partial charge in [-0.3, -0.25) is 0 Å². The number of allylic oxidation sites excluding steroid dienone is 2. The topological polar surface area (TPSA) is 40.1 Å². The molecule has 0 aliphatic heterocycles. The molecule has 0 N–H and O–H groups in total.